The molecular formula is C37H41ClFN3O5S. The van der Waals surface area contributed by atoms with Crippen LogP contribution in [-0.4, -0.2) is 67.1 Å². The molecule has 0 N–H and O–H groups in total. The third kappa shape index (κ3) is 7.60. The Morgan fingerprint density at radius 1 is 0.979 bits per heavy atom. The summed E-state index contributed by atoms with van der Waals surface area (Å²) in [6, 6.07) is 18.0. The smallest absolute Gasteiger partial charge is 0.410 e. The number of thiophene rings is 1. The summed E-state index contributed by atoms with van der Waals surface area (Å²) in [4.78, 5) is 43.8. The molecule has 0 aliphatic heterocycles. The first-order valence-corrected chi connectivity index (χ1v) is 17.1. The van der Waals surface area contributed by atoms with Crippen LogP contribution >= 0.6 is 22.9 Å². The number of amides is 3. The molecule has 3 aromatic carbocycles. The van der Waals surface area contributed by atoms with Crippen molar-refractivity contribution in [1.82, 2.24) is 9.80 Å². The number of ether oxygens (including phenoxy) is 2. The van der Waals surface area contributed by atoms with Crippen molar-refractivity contribution in [2.75, 3.05) is 26.1 Å². The van der Waals surface area contributed by atoms with E-state index in [4.69, 9.17) is 21.1 Å². The summed E-state index contributed by atoms with van der Waals surface area (Å²) < 4.78 is 26.8. The third-order valence-corrected chi connectivity index (χ3v) is 10.4. The molecule has 5 rings (SSSR count). The Balaban J connectivity index is 1.47. The molecule has 1 aromatic heterocycles. The van der Waals surface area contributed by atoms with E-state index >= 15 is 0 Å². The molecule has 0 bridgehead atoms. The van der Waals surface area contributed by atoms with Crippen LogP contribution in [0.1, 0.15) is 61.7 Å². The topological polar surface area (TPSA) is 79.4 Å². The van der Waals surface area contributed by atoms with Crippen LogP contribution in [0.15, 0.2) is 60.7 Å². The summed E-state index contributed by atoms with van der Waals surface area (Å²) in [6.45, 7) is 5.75. The van der Waals surface area contributed by atoms with Gasteiger partial charge in [-0.3, -0.25) is 9.59 Å². The summed E-state index contributed by atoms with van der Waals surface area (Å²) >= 11 is 7.91. The number of rotatable bonds is 9. The second-order valence-electron chi connectivity index (χ2n) is 13.1. The van der Waals surface area contributed by atoms with Gasteiger partial charge < -0.3 is 24.2 Å². The molecular weight excluding hydrogens is 653 g/mol. The standard InChI is InChI=1S/C37H41ClFN3O5S/c1-37(2,3)47-36(45)41(5)27-15-17-28(18-16-27)42(35(44)34-33(38)32-29(39)8-7-9-31(32)48-34)21-25-20-24(12-19-30(25)46-6)23-10-13-26(14-11-23)40(4)22-43/h7-14,19-20,22,27-28H,15-18,21H2,1-6H3. The van der Waals surface area contributed by atoms with Gasteiger partial charge in [0.1, 0.15) is 22.0 Å². The van der Waals surface area contributed by atoms with Crippen molar-refractivity contribution in [3.05, 3.63) is 81.9 Å². The lowest BCUT2D eigenvalue weighted by molar-refractivity contribution is -0.107. The molecule has 48 heavy (non-hydrogen) atoms. The lowest BCUT2D eigenvalue weighted by Crippen LogP contribution is -2.47. The van der Waals surface area contributed by atoms with Gasteiger partial charge in [0.15, 0.2) is 0 Å². The molecule has 11 heteroatoms. The largest absolute Gasteiger partial charge is 0.496 e. The number of benzene rings is 3. The minimum atomic E-state index is -0.601. The predicted octanol–water partition coefficient (Wildman–Crippen LogP) is 8.78. The van der Waals surface area contributed by atoms with Crippen LogP contribution in [-0.2, 0) is 16.1 Å². The molecule has 0 atom stereocenters. The lowest BCUT2D eigenvalue weighted by atomic mass is 9.89. The van der Waals surface area contributed by atoms with Crippen molar-refractivity contribution >= 4 is 57.1 Å². The van der Waals surface area contributed by atoms with Gasteiger partial charge in [-0.1, -0.05) is 35.9 Å². The van der Waals surface area contributed by atoms with Gasteiger partial charge >= 0.3 is 6.09 Å². The Labute approximate surface area is 290 Å². The summed E-state index contributed by atoms with van der Waals surface area (Å²) in [5, 5.41) is 0.362. The minimum Gasteiger partial charge on any atom is -0.496 e. The van der Waals surface area contributed by atoms with Gasteiger partial charge in [0.05, 0.1) is 12.1 Å². The second-order valence-corrected chi connectivity index (χ2v) is 14.6. The highest BCUT2D eigenvalue weighted by Gasteiger charge is 2.35. The van der Waals surface area contributed by atoms with Crippen LogP contribution < -0.4 is 9.64 Å². The van der Waals surface area contributed by atoms with Crippen molar-refractivity contribution in [1.29, 1.82) is 0 Å². The van der Waals surface area contributed by atoms with E-state index in [0.717, 1.165) is 28.8 Å². The van der Waals surface area contributed by atoms with Crippen LogP contribution in [0.2, 0.25) is 5.02 Å². The number of carbonyl (C=O) groups excluding carboxylic acids is 3. The van der Waals surface area contributed by atoms with Gasteiger partial charge in [0.25, 0.3) is 5.91 Å². The molecule has 254 valence electrons. The maximum Gasteiger partial charge on any atom is 0.410 e. The Morgan fingerprint density at radius 2 is 1.62 bits per heavy atom. The zero-order chi connectivity index (χ0) is 34.7. The normalized spacial score (nSPS) is 16.3. The average molecular weight is 694 g/mol. The van der Waals surface area contributed by atoms with E-state index in [-0.39, 0.29) is 45.9 Å². The van der Waals surface area contributed by atoms with E-state index in [1.807, 2.05) is 68.1 Å². The number of carbonyl (C=O) groups is 3. The van der Waals surface area contributed by atoms with E-state index < -0.39 is 11.4 Å². The van der Waals surface area contributed by atoms with E-state index in [0.29, 0.717) is 36.1 Å². The van der Waals surface area contributed by atoms with Crippen LogP contribution in [0.3, 0.4) is 0 Å². The first-order valence-electron chi connectivity index (χ1n) is 15.9. The maximum atomic E-state index is 14.8. The van der Waals surface area contributed by atoms with Crippen molar-refractivity contribution < 1.29 is 28.2 Å². The number of hydrogen-bond donors (Lipinski definition) is 0. The highest BCUT2D eigenvalue weighted by atomic mass is 35.5. The first-order chi connectivity index (χ1) is 22.8. The number of nitrogens with zero attached hydrogens (tertiary/aromatic N) is 3. The Morgan fingerprint density at radius 3 is 2.23 bits per heavy atom. The van der Waals surface area contributed by atoms with Crippen LogP contribution in [0.5, 0.6) is 5.75 Å². The maximum absolute atomic E-state index is 14.8. The summed E-state index contributed by atoms with van der Waals surface area (Å²) in [6.07, 6.45) is 3.04. The quantitative estimate of drug-likeness (QED) is 0.164. The van der Waals surface area contributed by atoms with Crippen LogP contribution in [0, 0.1) is 5.82 Å². The van der Waals surface area contributed by atoms with Crippen molar-refractivity contribution in [3.63, 3.8) is 0 Å². The Bertz CT molecular complexity index is 1800. The molecule has 1 heterocycles. The van der Waals surface area contributed by atoms with Crippen LogP contribution in [0.4, 0.5) is 14.9 Å². The summed E-state index contributed by atoms with van der Waals surface area (Å²) in [5.74, 6) is -0.122. The van der Waals surface area contributed by atoms with E-state index in [1.54, 1.807) is 38.2 Å². The number of methoxy groups -OCH3 is 1. The third-order valence-electron chi connectivity index (χ3n) is 8.78. The predicted molar refractivity (Wildman–Crippen MR) is 190 cm³/mol. The summed E-state index contributed by atoms with van der Waals surface area (Å²) in [5.41, 5.74) is 2.82. The van der Waals surface area contributed by atoms with Crippen molar-refractivity contribution in [2.24, 2.45) is 0 Å². The molecule has 0 saturated heterocycles. The zero-order valence-corrected chi connectivity index (χ0v) is 29.7. The number of hydrogen-bond acceptors (Lipinski definition) is 6. The van der Waals surface area contributed by atoms with Gasteiger partial charge in [-0.2, -0.15) is 0 Å². The fourth-order valence-corrected chi connectivity index (χ4v) is 7.67. The van der Waals surface area contributed by atoms with Gasteiger partial charge in [-0.25, -0.2) is 9.18 Å². The lowest BCUT2D eigenvalue weighted by Gasteiger charge is -2.40. The monoisotopic (exact) mass is 693 g/mol. The highest BCUT2D eigenvalue weighted by Crippen LogP contribution is 2.40. The zero-order valence-electron chi connectivity index (χ0n) is 28.1. The molecule has 4 aromatic rings. The average Bonchev–Trinajstić information content (AvgIpc) is 3.42. The van der Waals surface area contributed by atoms with Crippen molar-refractivity contribution in [2.45, 2.75) is 70.7 Å². The van der Waals surface area contributed by atoms with E-state index in [2.05, 4.69) is 0 Å². The SMILES string of the molecule is COc1ccc(-c2ccc(N(C)C=O)cc2)cc1CN(C(=O)c1sc2cccc(F)c2c1Cl)C1CCC(N(C)C(=O)OC(C)(C)C)CC1. The number of fused-ring (bicyclic) bond motifs is 1. The molecule has 3 amide bonds. The molecule has 0 unspecified atom stereocenters. The van der Waals surface area contributed by atoms with Crippen molar-refractivity contribution in [3.8, 4) is 16.9 Å². The molecule has 0 radical (unpaired) electrons. The van der Waals surface area contributed by atoms with Gasteiger partial charge in [-0.05, 0) is 94.0 Å². The second kappa shape index (κ2) is 14.5. The first kappa shape index (κ1) is 35.2. The fourth-order valence-electron chi connectivity index (χ4n) is 6.16. The molecule has 1 aliphatic carbocycles. The molecule has 0 spiro atoms. The molecule has 1 fully saturated rings. The molecule has 1 aliphatic rings. The fraction of sp³-hybridized carbons (Fsp3) is 0.378. The van der Waals surface area contributed by atoms with Gasteiger partial charge in [0, 0.05) is 54.1 Å². The number of halogens is 2. The summed E-state index contributed by atoms with van der Waals surface area (Å²) in [7, 11) is 5.05. The highest BCUT2D eigenvalue weighted by molar-refractivity contribution is 7.21. The van der Waals surface area contributed by atoms with Gasteiger partial charge in [-0.15, -0.1) is 11.3 Å². The molecule has 8 nitrogen and oxygen atoms in total. The van der Waals surface area contributed by atoms with Crippen LogP contribution in [0.25, 0.3) is 21.2 Å². The Hall–Kier alpha value is -4.15. The Kier molecular flexibility index (Phi) is 10.7. The van der Waals surface area contributed by atoms with E-state index in [9.17, 15) is 18.8 Å². The molecule has 1 saturated carbocycles. The minimum absolute atomic E-state index is 0.0332. The van der Waals surface area contributed by atoms with Gasteiger partial charge in [0.2, 0.25) is 6.41 Å². The van der Waals surface area contributed by atoms with E-state index in [1.165, 1.54) is 22.3 Å². The number of anilines is 1.